The van der Waals surface area contributed by atoms with Crippen LogP contribution in [0.25, 0.3) is 0 Å². The Kier molecular flexibility index (Phi) is 5.86. The molecule has 1 amide bonds. The molecule has 4 nitrogen and oxygen atoms in total. The van der Waals surface area contributed by atoms with E-state index in [9.17, 15) is 10.1 Å². The van der Waals surface area contributed by atoms with Gasteiger partial charge in [-0.2, -0.15) is 5.26 Å². The Hall–Kier alpha value is -2.32. The first-order valence-electron chi connectivity index (χ1n) is 9.41. The van der Waals surface area contributed by atoms with Crippen LogP contribution in [-0.2, 0) is 17.6 Å². The zero-order chi connectivity index (χ0) is 19.6. The number of para-hydroxylation sites is 1. The van der Waals surface area contributed by atoms with Gasteiger partial charge in [-0.3, -0.25) is 4.79 Å². The molecule has 3 rings (SSSR count). The van der Waals surface area contributed by atoms with Gasteiger partial charge >= 0.3 is 0 Å². The van der Waals surface area contributed by atoms with Gasteiger partial charge in [0.1, 0.15) is 11.1 Å². The van der Waals surface area contributed by atoms with Crippen molar-refractivity contribution in [3.8, 4) is 6.07 Å². The molecule has 1 aromatic heterocycles. The lowest BCUT2D eigenvalue weighted by Crippen LogP contribution is -2.23. The molecule has 1 N–H and O–H groups in total. The molecule has 27 heavy (non-hydrogen) atoms. The Balaban J connectivity index is 1.80. The number of fused-ring (bicyclic) bond motifs is 1. The van der Waals surface area contributed by atoms with Crippen molar-refractivity contribution in [2.45, 2.75) is 63.2 Å². The Morgan fingerprint density at radius 1 is 1.26 bits per heavy atom. The fourth-order valence-electron chi connectivity index (χ4n) is 3.53. The number of amides is 1. The Morgan fingerprint density at radius 3 is 2.70 bits per heavy atom. The van der Waals surface area contributed by atoms with Crippen molar-refractivity contribution in [3.05, 3.63) is 52.2 Å². The van der Waals surface area contributed by atoms with E-state index in [1.165, 1.54) is 17.3 Å². The summed E-state index contributed by atoms with van der Waals surface area (Å²) in [4.78, 5) is 17.5. The Labute approximate surface area is 165 Å². The van der Waals surface area contributed by atoms with Crippen LogP contribution in [0.5, 0.6) is 0 Å². The summed E-state index contributed by atoms with van der Waals surface area (Å²) in [6, 6.07) is 10.2. The summed E-state index contributed by atoms with van der Waals surface area (Å²) in [6.45, 7) is 8.08. The van der Waals surface area contributed by atoms with Gasteiger partial charge < -0.3 is 5.32 Å². The minimum atomic E-state index is -0.344. The predicted octanol–water partition coefficient (Wildman–Crippen LogP) is 4.99. The van der Waals surface area contributed by atoms with Crippen molar-refractivity contribution in [2.75, 3.05) is 5.32 Å². The lowest BCUT2D eigenvalue weighted by molar-refractivity contribution is -0.115. The van der Waals surface area contributed by atoms with Gasteiger partial charge in [0.15, 0.2) is 0 Å². The smallest absolute Gasteiger partial charge is 0.237 e. The number of aromatic nitrogens is 1. The Morgan fingerprint density at radius 2 is 2.00 bits per heavy atom. The number of aryl methyl sites for hydroxylation is 1. The lowest BCUT2D eigenvalue weighted by Gasteiger charge is -2.17. The molecule has 5 heteroatoms. The average Bonchev–Trinajstić information content (AvgIpc) is 3.11. The molecule has 0 aliphatic heterocycles. The van der Waals surface area contributed by atoms with E-state index >= 15 is 0 Å². The van der Waals surface area contributed by atoms with E-state index in [0.29, 0.717) is 16.5 Å². The molecule has 1 heterocycles. The number of carbonyl (C=O) groups excluding carboxylic acids is 1. The highest BCUT2D eigenvalue weighted by molar-refractivity contribution is 8.00. The van der Waals surface area contributed by atoms with Gasteiger partial charge in [-0.25, -0.2) is 4.98 Å². The molecule has 2 aromatic rings. The van der Waals surface area contributed by atoms with Crippen molar-refractivity contribution in [3.63, 3.8) is 0 Å². The van der Waals surface area contributed by atoms with E-state index in [2.05, 4.69) is 25.2 Å². The van der Waals surface area contributed by atoms with Crippen molar-refractivity contribution >= 4 is 23.4 Å². The van der Waals surface area contributed by atoms with Crippen LogP contribution in [0, 0.1) is 18.3 Å². The van der Waals surface area contributed by atoms with Gasteiger partial charge in [0, 0.05) is 11.4 Å². The second kappa shape index (κ2) is 8.14. The quantitative estimate of drug-likeness (QED) is 0.743. The summed E-state index contributed by atoms with van der Waals surface area (Å²) < 4.78 is 0. The maximum atomic E-state index is 12.8. The molecule has 1 aliphatic carbocycles. The topological polar surface area (TPSA) is 65.8 Å². The lowest BCUT2D eigenvalue weighted by atomic mass is 10.0. The standard InChI is InChI=1S/C22H25N3OS/c1-13(2)16-8-5-6-10-19(16)24-21(26)15(4)27-22-18(12-23)14(3)17-9-7-11-20(17)25-22/h5-6,8,10,13,15H,7,9,11H2,1-4H3,(H,24,26). The first kappa shape index (κ1) is 19.4. The zero-order valence-electron chi connectivity index (χ0n) is 16.3. The number of thioether (sulfide) groups is 1. The van der Waals surface area contributed by atoms with E-state index in [-0.39, 0.29) is 11.2 Å². The first-order chi connectivity index (χ1) is 12.9. The highest BCUT2D eigenvalue weighted by Gasteiger charge is 2.24. The molecule has 0 saturated heterocycles. The first-order valence-corrected chi connectivity index (χ1v) is 10.3. The maximum absolute atomic E-state index is 12.8. The summed E-state index contributed by atoms with van der Waals surface area (Å²) in [5.74, 6) is 0.257. The normalized spacial score (nSPS) is 13.9. The molecule has 1 aromatic carbocycles. The molecule has 1 atom stereocenters. The number of benzene rings is 1. The third kappa shape index (κ3) is 4.01. The molecule has 0 spiro atoms. The van der Waals surface area contributed by atoms with E-state index in [4.69, 9.17) is 4.98 Å². The van der Waals surface area contributed by atoms with Crippen molar-refractivity contribution in [1.82, 2.24) is 4.98 Å². The number of rotatable bonds is 5. The van der Waals surface area contributed by atoms with Crippen LogP contribution in [0.4, 0.5) is 5.69 Å². The maximum Gasteiger partial charge on any atom is 0.237 e. The van der Waals surface area contributed by atoms with Gasteiger partial charge in [-0.15, -0.1) is 0 Å². The number of nitrogens with one attached hydrogen (secondary N) is 1. The second-order valence-electron chi connectivity index (χ2n) is 7.30. The van der Waals surface area contributed by atoms with Crippen LogP contribution in [0.1, 0.15) is 61.1 Å². The summed E-state index contributed by atoms with van der Waals surface area (Å²) in [6.07, 6.45) is 3.04. The molecule has 0 fully saturated rings. The van der Waals surface area contributed by atoms with Crippen LogP contribution in [0.15, 0.2) is 29.3 Å². The van der Waals surface area contributed by atoms with Gasteiger partial charge in [0.25, 0.3) is 0 Å². The van der Waals surface area contributed by atoms with Crippen LogP contribution in [0.2, 0.25) is 0 Å². The molecule has 0 saturated carbocycles. The molecule has 0 radical (unpaired) electrons. The van der Waals surface area contributed by atoms with E-state index in [1.54, 1.807) is 0 Å². The van der Waals surface area contributed by atoms with Crippen molar-refractivity contribution in [2.24, 2.45) is 0 Å². The van der Waals surface area contributed by atoms with Crippen LogP contribution in [0.3, 0.4) is 0 Å². The van der Waals surface area contributed by atoms with E-state index in [0.717, 1.165) is 41.8 Å². The molecule has 140 valence electrons. The number of pyridine rings is 1. The SMILES string of the molecule is Cc1c(C#N)c(SC(C)C(=O)Nc2ccccc2C(C)C)nc2c1CCC2. The number of carbonyl (C=O) groups is 1. The largest absolute Gasteiger partial charge is 0.325 e. The third-order valence-electron chi connectivity index (χ3n) is 5.08. The predicted molar refractivity (Wildman–Crippen MR) is 110 cm³/mol. The molecule has 1 unspecified atom stereocenters. The summed E-state index contributed by atoms with van der Waals surface area (Å²) in [5.41, 5.74) is 5.92. The van der Waals surface area contributed by atoms with E-state index < -0.39 is 0 Å². The molecular weight excluding hydrogens is 354 g/mol. The zero-order valence-corrected chi connectivity index (χ0v) is 17.1. The van der Waals surface area contributed by atoms with Gasteiger partial charge in [0.05, 0.1) is 10.8 Å². The second-order valence-corrected chi connectivity index (χ2v) is 8.63. The third-order valence-corrected chi connectivity index (χ3v) is 6.16. The van der Waals surface area contributed by atoms with Gasteiger partial charge in [0.2, 0.25) is 5.91 Å². The average molecular weight is 380 g/mol. The van der Waals surface area contributed by atoms with Crippen LogP contribution < -0.4 is 5.32 Å². The summed E-state index contributed by atoms with van der Waals surface area (Å²) in [7, 11) is 0. The highest BCUT2D eigenvalue weighted by atomic mass is 32.2. The summed E-state index contributed by atoms with van der Waals surface area (Å²) in [5, 5.41) is 13.0. The number of hydrogen-bond donors (Lipinski definition) is 1. The highest BCUT2D eigenvalue weighted by Crippen LogP contribution is 2.34. The fourth-order valence-corrected chi connectivity index (χ4v) is 4.51. The molecular formula is C22H25N3OS. The summed E-state index contributed by atoms with van der Waals surface area (Å²) >= 11 is 1.37. The monoisotopic (exact) mass is 379 g/mol. The van der Waals surface area contributed by atoms with Crippen LogP contribution in [-0.4, -0.2) is 16.1 Å². The molecule has 1 aliphatic rings. The van der Waals surface area contributed by atoms with Crippen molar-refractivity contribution < 1.29 is 4.79 Å². The minimum absolute atomic E-state index is 0.0723. The number of nitriles is 1. The molecule has 0 bridgehead atoms. The number of nitrogens with zero attached hydrogens (tertiary/aromatic N) is 2. The van der Waals surface area contributed by atoms with Gasteiger partial charge in [-0.1, -0.05) is 43.8 Å². The fraction of sp³-hybridized carbons (Fsp3) is 0.409. The van der Waals surface area contributed by atoms with Gasteiger partial charge in [-0.05, 0) is 61.8 Å². The van der Waals surface area contributed by atoms with Crippen LogP contribution >= 0.6 is 11.8 Å². The number of anilines is 1. The van der Waals surface area contributed by atoms with Crippen molar-refractivity contribution in [1.29, 1.82) is 5.26 Å². The van der Waals surface area contributed by atoms with E-state index in [1.807, 2.05) is 38.1 Å². The number of hydrogen-bond acceptors (Lipinski definition) is 4. The minimum Gasteiger partial charge on any atom is -0.325 e. The Bertz CT molecular complexity index is 915.